The number of unbranched alkanes of at least 4 members (excludes halogenated alkanes) is 5. The number of rotatable bonds is 9. The number of ketones is 1. The van der Waals surface area contributed by atoms with E-state index in [0.717, 1.165) is 6.42 Å². The van der Waals surface area contributed by atoms with Crippen molar-refractivity contribution < 1.29 is 4.79 Å². The van der Waals surface area contributed by atoms with Crippen LogP contribution in [-0.4, -0.2) is 5.78 Å². The molecule has 1 nitrogen and oxygen atoms in total. The van der Waals surface area contributed by atoms with Crippen LogP contribution in [0.3, 0.4) is 0 Å². The van der Waals surface area contributed by atoms with E-state index < -0.39 is 0 Å². The lowest BCUT2D eigenvalue weighted by Crippen LogP contribution is -2.17. The van der Waals surface area contributed by atoms with Crippen LogP contribution in [-0.2, 0) is 4.79 Å². The lowest BCUT2D eigenvalue weighted by molar-refractivity contribution is -0.122. The first-order valence-electron chi connectivity index (χ1n) is 6.60. The molecule has 0 heterocycles. The second-order valence-corrected chi connectivity index (χ2v) is 5.02. The first-order chi connectivity index (χ1) is 7.09. The van der Waals surface area contributed by atoms with Gasteiger partial charge in [0.25, 0.3) is 0 Å². The average Bonchev–Trinajstić information content (AvgIpc) is 2.15. The van der Waals surface area contributed by atoms with Gasteiger partial charge in [-0.3, -0.25) is 4.79 Å². The van der Waals surface area contributed by atoms with Gasteiger partial charge in [-0.1, -0.05) is 59.3 Å². The maximum Gasteiger partial charge on any atom is 0.133 e. The Hall–Kier alpha value is -0.330. The Bertz CT molecular complexity index is 161. The van der Waals surface area contributed by atoms with E-state index in [9.17, 15) is 4.79 Å². The van der Waals surface area contributed by atoms with Gasteiger partial charge in [-0.15, -0.1) is 0 Å². The molecular weight excluding hydrogens is 184 g/mol. The van der Waals surface area contributed by atoms with Crippen molar-refractivity contribution in [2.75, 3.05) is 0 Å². The van der Waals surface area contributed by atoms with Crippen molar-refractivity contribution in [3.63, 3.8) is 0 Å². The van der Waals surface area contributed by atoms with E-state index in [0.29, 0.717) is 17.6 Å². The van der Waals surface area contributed by atoms with E-state index >= 15 is 0 Å². The first kappa shape index (κ1) is 14.7. The van der Waals surface area contributed by atoms with Crippen LogP contribution >= 0.6 is 0 Å². The molecule has 0 N–H and O–H groups in total. The lowest BCUT2D eigenvalue weighted by atomic mass is 9.87. The molecule has 0 saturated heterocycles. The van der Waals surface area contributed by atoms with Gasteiger partial charge in [0.15, 0.2) is 0 Å². The summed E-state index contributed by atoms with van der Waals surface area (Å²) < 4.78 is 0. The fourth-order valence-corrected chi connectivity index (χ4v) is 2.15. The van der Waals surface area contributed by atoms with Crippen LogP contribution in [0.25, 0.3) is 0 Å². The van der Waals surface area contributed by atoms with E-state index in [-0.39, 0.29) is 0 Å². The fraction of sp³-hybridized carbons (Fsp3) is 0.929. The molecule has 0 radical (unpaired) electrons. The fourth-order valence-electron chi connectivity index (χ4n) is 2.15. The van der Waals surface area contributed by atoms with Crippen LogP contribution < -0.4 is 0 Å². The Balaban J connectivity index is 3.50. The third-order valence-electron chi connectivity index (χ3n) is 3.20. The molecule has 0 aromatic carbocycles. The summed E-state index contributed by atoms with van der Waals surface area (Å²) >= 11 is 0. The topological polar surface area (TPSA) is 17.1 Å². The second kappa shape index (κ2) is 8.94. The van der Waals surface area contributed by atoms with Gasteiger partial charge < -0.3 is 0 Å². The number of hydrogen-bond donors (Lipinski definition) is 0. The Labute approximate surface area is 95.6 Å². The SMILES string of the molecule is CCCCCCCCC(C(C)=O)C(C)C. The minimum absolute atomic E-state index is 0.302. The van der Waals surface area contributed by atoms with E-state index in [1.807, 2.05) is 0 Å². The third kappa shape index (κ3) is 7.58. The van der Waals surface area contributed by atoms with Gasteiger partial charge in [0.05, 0.1) is 0 Å². The van der Waals surface area contributed by atoms with Gasteiger partial charge >= 0.3 is 0 Å². The molecule has 0 aliphatic carbocycles. The number of Topliss-reactive ketones (excluding diaryl/α,β-unsaturated/α-hetero) is 1. The van der Waals surface area contributed by atoms with Crippen molar-refractivity contribution in [1.29, 1.82) is 0 Å². The highest BCUT2D eigenvalue weighted by Gasteiger charge is 2.17. The summed E-state index contributed by atoms with van der Waals surface area (Å²) in [7, 11) is 0. The number of carbonyl (C=O) groups excluding carboxylic acids is 1. The van der Waals surface area contributed by atoms with Crippen LogP contribution in [0.2, 0.25) is 0 Å². The van der Waals surface area contributed by atoms with Gasteiger partial charge in [0.2, 0.25) is 0 Å². The second-order valence-electron chi connectivity index (χ2n) is 5.02. The molecule has 1 unspecified atom stereocenters. The van der Waals surface area contributed by atoms with Crippen molar-refractivity contribution in [1.82, 2.24) is 0 Å². The minimum Gasteiger partial charge on any atom is -0.300 e. The van der Waals surface area contributed by atoms with Gasteiger partial charge in [-0.25, -0.2) is 0 Å². The molecule has 0 aromatic rings. The van der Waals surface area contributed by atoms with Crippen LogP contribution in [0.15, 0.2) is 0 Å². The van der Waals surface area contributed by atoms with Gasteiger partial charge in [0, 0.05) is 5.92 Å². The van der Waals surface area contributed by atoms with Gasteiger partial charge in [-0.2, -0.15) is 0 Å². The predicted octanol–water partition coefficient (Wildman–Crippen LogP) is 4.60. The van der Waals surface area contributed by atoms with E-state index in [2.05, 4.69) is 20.8 Å². The highest BCUT2D eigenvalue weighted by atomic mass is 16.1. The Morgan fingerprint density at radius 3 is 2.00 bits per heavy atom. The van der Waals surface area contributed by atoms with Gasteiger partial charge in [-0.05, 0) is 19.3 Å². The normalized spacial score (nSPS) is 13.1. The quantitative estimate of drug-likeness (QED) is 0.511. The minimum atomic E-state index is 0.302. The smallest absolute Gasteiger partial charge is 0.133 e. The Kier molecular flexibility index (Phi) is 8.74. The predicted molar refractivity (Wildman–Crippen MR) is 67.0 cm³/mol. The van der Waals surface area contributed by atoms with Crippen molar-refractivity contribution in [2.45, 2.75) is 72.6 Å². The maximum atomic E-state index is 11.4. The molecule has 0 aliphatic rings. The molecular formula is C14H28O. The van der Waals surface area contributed by atoms with Crippen molar-refractivity contribution in [3.05, 3.63) is 0 Å². The van der Waals surface area contributed by atoms with E-state index in [4.69, 9.17) is 0 Å². The van der Waals surface area contributed by atoms with Crippen LogP contribution in [0.5, 0.6) is 0 Å². The number of carbonyl (C=O) groups is 1. The third-order valence-corrected chi connectivity index (χ3v) is 3.20. The molecule has 90 valence electrons. The molecule has 0 saturated carbocycles. The zero-order valence-electron chi connectivity index (χ0n) is 11.0. The molecule has 1 atom stereocenters. The maximum absolute atomic E-state index is 11.4. The van der Waals surface area contributed by atoms with Crippen LogP contribution in [0.4, 0.5) is 0 Å². The van der Waals surface area contributed by atoms with Crippen molar-refractivity contribution in [3.8, 4) is 0 Å². The summed E-state index contributed by atoms with van der Waals surface area (Å²) in [5, 5.41) is 0. The van der Waals surface area contributed by atoms with Crippen molar-refractivity contribution in [2.24, 2.45) is 11.8 Å². The average molecular weight is 212 g/mol. The summed E-state index contributed by atoms with van der Waals surface area (Å²) in [6.07, 6.45) is 9.00. The molecule has 0 spiro atoms. The molecule has 0 aromatic heterocycles. The van der Waals surface area contributed by atoms with Crippen LogP contribution in [0.1, 0.15) is 72.6 Å². The summed E-state index contributed by atoms with van der Waals surface area (Å²) in [5.41, 5.74) is 0. The largest absolute Gasteiger partial charge is 0.300 e. The van der Waals surface area contributed by atoms with Gasteiger partial charge in [0.1, 0.15) is 5.78 Å². The summed E-state index contributed by atoms with van der Waals surface area (Å²) in [6, 6.07) is 0. The Morgan fingerprint density at radius 1 is 1.00 bits per heavy atom. The zero-order valence-corrected chi connectivity index (χ0v) is 11.0. The summed E-state index contributed by atoms with van der Waals surface area (Å²) in [6.45, 7) is 8.29. The molecule has 15 heavy (non-hydrogen) atoms. The zero-order chi connectivity index (χ0) is 11.7. The molecule has 1 heteroatoms. The van der Waals surface area contributed by atoms with Crippen LogP contribution in [0, 0.1) is 11.8 Å². The highest BCUT2D eigenvalue weighted by Crippen LogP contribution is 2.20. The highest BCUT2D eigenvalue weighted by molar-refractivity contribution is 5.78. The first-order valence-corrected chi connectivity index (χ1v) is 6.60. The Morgan fingerprint density at radius 2 is 1.53 bits per heavy atom. The lowest BCUT2D eigenvalue weighted by Gasteiger charge is -2.17. The summed E-state index contributed by atoms with van der Waals surface area (Å²) in [5.74, 6) is 1.19. The monoisotopic (exact) mass is 212 g/mol. The molecule has 0 bridgehead atoms. The van der Waals surface area contributed by atoms with Crippen molar-refractivity contribution >= 4 is 5.78 Å². The summed E-state index contributed by atoms with van der Waals surface area (Å²) in [4.78, 5) is 11.4. The van der Waals surface area contributed by atoms with E-state index in [1.165, 1.54) is 38.5 Å². The standard InChI is InChI=1S/C14H28O/c1-5-6-7-8-9-10-11-14(12(2)3)13(4)15/h12,14H,5-11H2,1-4H3. The molecule has 0 fully saturated rings. The van der Waals surface area contributed by atoms with E-state index in [1.54, 1.807) is 6.92 Å². The number of hydrogen-bond acceptors (Lipinski definition) is 1. The molecule has 0 rings (SSSR count). The molecule has 0 aliphatic heterocycles. The molecule has 0 amide bonds.